The van der Waals surface area contributed by atoms with Crippen LogP contribution in [0.2, 0.25) is 0 Å². The van der Waals surface area contributed by atoms with Crippen molar-refractivity contribution < 1.29 is 14.3 Å². The van der Waals surface area contributed by atoms with Crippen molar-refractivity contribution in [3.8, 4) is 5.75 Å². The van der Waals surface area contributed by atoms with Crippen molar-refractivity contribution in [1.82, 2.24) is 0 Å². The first-order valence-corrected chi connectivity index (χ1v) is 6.37. The number of allylic oxidation sites excluding steroid dienone is 1. The van der Waals surface area contributed by atoms with Crippen molar-refractivity contribution in [2.45, 2.75) is 20.8 Å². The number of rotatable bonds is 7. The quantitative estimate of drug-likeness (QED) is 0.607. The number of esters is 1. The van der Waals surface area contributed by atoms with E-state index in [-0.39, 0.29) is 12.6 Å². The average Bonchev–Trinajstić information content (AvgIpc) is 2.38. The van der Waals surface area contributed by atoms with Crippen molar-refractivity contribution in [2.24, 2.45) is 0 Å². The maximum Gasteiger partial charge on any atom is 0.344 e. The number of carbonyl (C=O) groups is 1. The lowest BCUT2D eigenvalue weighted by Gasteiger charge is -2.07. The summed E-state index contributed by atoms with van der Waals surface area (Å²) >= 11 is 0. The van der Waals surface area contributed by atoms with Gasteiger partial charge in [0, 0.05) is 12.2 Å². The molecule has 0 bridgehead atoms. The van der Waals surface area contributed by atoms with Gasteiger partial charge >= 0.3 is 5.97 Å². The van der Waals surface area contributed by atoms with Gasteiger partial charge in [-0.05, 0) is 45.0 Å². The molecule has 4 nitrogen and oxygen atoms in total. The molecule has 4 heteroatoms. The maximum absolute atomic E-state index is 11.1. The van der Waals surface area contributed by atoms with Crippen LogP contribution in [0.1, 0.15) is 20.8 Å². The number of carbonyl (C=O) groups excluding carboxylic acids is 1. The molecule has 1 N–H and O–H groups in total. The molecule has 1 aromatic rings. The van der Waals surface area contributed by atoms with Crippen LogP contribution >= 0.6 is 0 Å². The fourth-order valence-corrected chi connectivity index (χ4v) is 1.39. The lowest BCUT2D eigenvalue weighted by molar-refractivity contribution is -0.145. The van der Waals surface area contributed by atoms with Crippen LogP contribution in [0.4, 0.5) is 5.69 Å². The average molecular weight is 263 g/mol. The lowest BCUT2D eigenvalue weighted by atomic mass is 10.3. The Bertz CT molecular complexity index is 420. The minimum absolute atomic E-state index is 0.0572. The molecule has 0 unspecified atom stereocenters. The summed E-state index contributed by atoms with van der Waals surface area (Å²) in [6.07, 6.45) is 2.12. The highest BCUT2D eigenvalue weighted by molar-refractivity contribution is 5.71. The Morgan fingerprint density at radius 3 is 2.53 bits per heavy atom. The second-order valence-electron chi connectivity index (χ2n) is 4.28. The monoisotopic (exact) mass is 263 g/mol. The molecule has 0 saturated carbocycles. The van der Waals surface area contributed by atoms with E-state index in [1.54, 1.807) is 6.92 Å². The second kappa shape index (κ2) is 8.19. The van der Waals surface area contributed by atoms with E-state index < -0.39 is 0 Å². The molecule has 0 spiro atoms. The summed E-state index contributed by atoms with van der Waals surface area (Å²) < 4.78 is 10.1. The molecule has 1 rings (SSSR count). The highest BCUT2D eigenvalue weighted by Crippen LogP contribution is 2.15. The Labute approximate surface area is 114 Å². The number of ether oxygens (including phenoxy) is 2. The summed E-state index contributed by atoms with van der Waals surface area (Å²) in [4.78, 5) is 11.1. The first kappa shape index (κ1) is 15.1. The number of hydrogen-bond acceptors (Lipinski definition) is 4. The van der Waals surface area contributed by atoms with Crippen molar-refractivity contribution in [3.05, 3.63) is 35.9 Å². The first-order chi connectivity index (χ1) is 9.11. The van der Waals surface area contributed by atoms with Gasteiger partial charge in [0.05, 0.1) is 6.61 Å². The van der Waals surface area contributed by atoms with E-state index >= 15 is 0 Å². The first-order valence-electron chi connectivity index (χ1n) is 6.37. The van der Waals surface area contributed by atoms with Gasteiger partial charge in [0.15, 0.2) is 6.61 Å². The van der Waals surface area contributed by atoms with Gasteiger partial charge in [0.1, 0.15) is 5.75 Å². The molecule has 0 fully saturated rings. The largest absolute Gasteiger partial charge is 0.482 e. The normalized spacial score (nSPS) is 9.63. The van der Waals surface area contributed by atoms with E-state index in [2.05, 4.69) is 25.2 Å². The summed E-state index contributed by atoms with van der Waals surface area (Å²) in [5.41, 5.74) is 2.29. The van der Waals surface area contributed by atoms with E-state index in [1.807, 2.05) is 24.3 Å². The second-order valence-corrected chi connectivity index (χ2v) is 4.28. The van der Waals surface area contributed by atoms with Crippen LogP contribution < -0.4 is 10.1 Å². The smallest absolute Gasteiger partial charge is 0.344 e. The third kappa shape index (κ3) is 6.50. The molecular weight excluding hydrogens is 242 g/mol. The summed E-state index contributed by atoms with van der Waals surface area (Å²) in [6.45, 7) is 7.01. The summed E-state index contributed by atoms with van der Waals surface area (Å²) in [5, 5.41) is 3.26. The van der Waals surface area contributed by atoms with Crippen LogP contribution in [0, 0.1) is 0 Å². The fraction of sp³-hybridized carbons (Fsp3) is 0.400. The Kier molecular flexibility index (Phi) is 6.50. The van der Waals surface area contributed by atoms with Crippen LogP contribution in [0.3, 0.4) is 0 Å². The molecule has 0 aliphatic heterocycles. The molecule has 0 aromatic heterocycles. The molecule has 0 aliphatic rings. The van der Waals surface area contributed by atoms with Crippen molar-refractivity contribution in [3.63, 3.8) is 0 Å². The molecule has 0 atom stereocenters. The Balaban J connectivity index is 2.39. The number of benzene rings is 1. The molecule has 0 aliphatic carbocycles. The van der Waals surface area contributed by atoms with Crippen molar-refractivity contribution in [2.75, 3.05) is 25.1 Å². The van der Waals surface area contributed by atoms with Gasteiger partial charge in [0.2, 0.25) is 0 Å². The zero-order valence-corrected chi connectivity index (χ0v) is 11.7. The highest BCUT2D eigenvalue weighted by Gasteiger charge is 2.02. The minimum Gasteiger partial charge on any atom is -0.482 e. The van der Waals surface area contributed by atoms with Gasteiger partial charge in [-0.1, -0.05) is 11.6 Å². The zero-order valence-electron chi connectivity index (χ0n) is 11.7. The molecule has 0 saturated heterocycles. The van der Waals surface area contributed by atoms with Gasteiger partial charge in [-0.25, -0.2) is 4.79 Å². The van der Waals surface area contributed by atoms with E-state index in [4.69, 9.17) is 9.47 Å². The van der Waals surface area contributed by atoms with E-state index in [9.17, 15) is 4.79 Å². The SMILES string of the molecule is CCOC(=O)COc1ccc(NCC=C(C)C)cc1. The number of nitrogens with one attached hydrogen (secondary N) is 1. The molecule has 0 amide bonds. The predicted octanol–water partition coefficient (Wildman–Crippen LogP) is 3.01. The van der Waals surface area contributed by atoms with Crippen LogP contribution in [0.25, 0.3) is 0 Å². The molecule has 19 heavy (non-hydrogen) atoms. The van der Waals surface area contributed by atoms with Crippen LogP contribution in [0.15, 0.2) is 35.9 Å². The third-order valence-electron chi connectivity index (χ3n) is 2.33. The molecule has 1 aromatic carbocycles. The van der Waals surface area contributed by atoms with Crippen LogP contribution in [0.5, 0.6) is 5.75 Å². The van der Waals surface area contributed by atoms with E-state index in [1.165, 1.54) is 5.57 Å². The van der Waals surface area contributed by atoms with Crippen LogP contribution in [-0.2, 0) is 9.53 Å². The van der Waals surface area contributed by atoms with Crippen LogP contribution in [-0.4, -0.2) is 25.7 Å². The van der Waals surface area contributed by atoms with E-state index in [0.29, 0.717) is 12.4 Å². The predicted molar refractivity (Wildman–Crippen MR) is 76.5 cm³/mol. The summed E-state index contributed by atoms with van der Waals surface area (Å²) in [5.74, 6) is 0.300. The topological polar surface area (TPSA) is 47.6 Å². The zero-order chi connectivity index (χ0) is 14.1. The number of hydrogen-bond donors (Lipinski definition) is 1. The van der Waals surface area contributed by atoms with Crippen molar-refractivity contribution >= 4 is 11.7 Å². The lowest BCUT2D eigenvalue weighted by Crippen LogP contribution is -2.14. The minimum atomic E-state index is -0.353. The Hall–Kier alpha value is -1.97. The number of anilines is 1. The summed E-state index contributed by atoms with van der Waals surface area (Å²) in [6, 6.07) is 7.48. The standard InChI is InChI=1S/C15H21NO3/c1-4-18-15(17)11-19-14-7-5-13(6-8-14)16-10-9-12(2)3/h5-9,16H,4,10-11H2,1-3H3. The summed E-state index contributed by atoms with van der Waals surface area (Å²) in [7, 11) is 0. The van der Waals surface area contributed by atoms with Gasteiger partial charge in [-0.15, -0.1) is 0 Å². The third-order valence-corrected chi connectivity index (χ3v) is 2.33. The van der Waals surface area contributed by atoms with Gasteiger partial charge in [0.25, 0.3) is 0 Å². The molecule has 104 valence electrons. The van der Waals surface area contributed by atoms with Gasteiger partial charge in [-0.3, -0.25) is 0 Å². The molecule has 0 heterocycles. The molecule has 0 radical (unpaired) electrons. The Morgan fingerprint density at radius 2 is 1.95 bits per heavy atom. The van der Waals surface area contributed by atoms with E-state index in [0.717, 1.165) is 12.2 Å². The van der Waals surface area contributed by atoms with Crippen molar-refractivity contribution in [1.29, 1.82) is 0 Å². The Morgan fingerprint density at radius 1 is 1.26 bits per heavy atom. The maximum atomic E-state index is 11.1. The van der Waals surface area contributed by atoms with Gasteiger partial charge < -0.3 is 14.8 Å². The van der Waals surface area contributed by atoms with Gasteiger partial charge in [-0.2, -0.15) is 0 Å². The highest BCUT2D eigenvalue weighted by atomic mass is 16.6. The fourth-order valence-electron chi connectivity index (χ4n) is 1.39. The molecular formula is C15H21NO3.